The summed E-state index contributed by atoms with van der Waals surface area (Å²) in [5.74, 6) is 3.42. The van der Waals surface area contributed by atoms with Gasteiger partial charge in [-0.25, -0.2) is 0 Å². The normalized spacial score (nSPS) is 10.6. The van der Waals surface area contributed by atoms with E-state index in [2.05, 4.69) is 50.2 Å². The summed E-state index contributed by atoms with van der Waals surface area (Å²) in [5.41, 5.74) is 4.87. The first-order valence-electron chi connectivity index (χ1n) is 9.81. The van der Waals surface area contributed by atoms with Crippen molar-refractivity contribution >= 4 is 0 Å². The van der Waals surface area contributed by atoms with Gasteiger partial charge in [0.2, 0.25) is 0 Å². The standard InChI is InChI=1S/C27H24O2/c1-20-5-3-7-26(17-20)28-24-13-9-22(10-14-24)19-23-11-15-25(16-12-23)29-27-8-4-6-21(2)18-27/h3-18H,19H2,1-2H3. The molecule has 0 aromatic heterocycles. The Morgan fingerprint density at radius 1 is 0.483 bits per heavy atom. The topological polar surface area (TPSA) is 18.5 Å². The minimum absolute atomic E-state index is 0.848. The molecule has 0 heterocycles. The minimum Gasteiger partial charge on any atom is -0.457 e. The molecule has 0 atom stereocenters. The van der Waals surface area contributed by atoms with Gasteiger partial charge < -0.3 is 9.47 Å². The van der Waals surface area contributed by atoms with Gasteiger partial charge in [0, 0.05) is 0 Å². The Kier molecular flexibility index (Phi) is 5.62. The van der Waals surface area contributed by atoms with Crippen molar-refractivity contribution in [1.82, 2.24) is 0 Å². The van der Waals surface area contributed by atoms with Crippen LogP contribution in [0.1, 0.15) is 22.3 Å². The number of benzene rings is 4. The third kappa shape index (κ3) is 5.26. The van der Waals surface area contributed by atoms with Crippen molar-refractivity contribution in [3.8, 4) is 23.0 Å². The fourth-order valence-electron chi connectivity index (χ4n) is 3.22. The van der Waals surface area contributed by atoms with Gasteiger partial charge in [0.1, 0.15) is 23.0 Å². The molecule has 0 bridgehead atoms. The summed E-state index contributed by atoms with van der Waals surface area (Å²) in [6, 6.07) is 32.7. The molecule has 0 amide bonds. The molecule has 0 aliphatic carbocycles. The molecule has 4 aromatic rings. The van der Waals surface area contributed by atoms with Crippen LogP contribution >= 0.6 is 0 Å². The smallest absolute Gasteiger partial charge is 0.127 e. The third-order valence-electron chi connectivity index (χ3n) is 4.71. The van der Waals surface area contributed by atoms with Crippen molar-refractivity contribution in [2.45, 2.75) is 20.3 Å². The molecular weight excluding hydrogens is 356 g/mol. The van der Waals surface area contributed by atoms with Crippen LogP contribution in [0.4, 0.5) is 0 Å². The molecule has 0 aliphatic rings. The maximum absolute atomic E-state index is 5.93. The highest BCUT2D eigenvalue weighted by Crippen LogP contribution is 2.25. The van der Waals surface area contributed by atoms with Gasteiger partial charge in [0.25, 0.3) is 0 Å². The van der Waals surface area contributed by atoms with E-state index in [1.807, 2.05) is 60.7 Å². The van der Waals surface area contributed by atoms with Gasteiger partial charge in [0.05, 0.1) is 0 Å². The first-order valence-corrected chi connectivity index (χ1v) is 9.81. The number of rotatable bonds is 6. The van der Waals surface area contributed by atoms with Gasteiger partial charge >= 0.3 is 0 Å². The van der Waals surface area contributed by atoms with E-state index < -0.39 is 0 Å². The van der Waals surface area contributed by atoms with E-state index in [0.29, 0.717) is 0 Å². The van der Waals surface area contributed by atoms with Gasteiger partial charge in [0.15, 0.2) is 0 Å². The average molecular weight is 380 g/mol. The molecule has 29 heavy (non-hydrogen) atoms. The maximum Gasteiger partial charge on any atom is 0.127 e. The highest BCUT2D eigenvalue weighted by Gasteiger charge is 2.02. The van der Waals surface area contributed by atoms with Crippen LogP contribution in [0.5, 0.6) is 23.0 Å². The Labute approximate surface area is 172 Å². The molecule has 0 radical (unpaired) electrons. The molecule has 0 N–H and O–H groups in total. The Hall–Kier alpha value is -3.52. The predicted octanol–water partition coefficient (Wildman–Crippen LogP) is 7.48. The lowest BCUT2D eigenvalue weighted by molar-refractivity contribution is 0.482. The first-order chi connectivity index (χ1) is 14.1. The molecule has 0 unspecified atom stereocenters. The van der Waals surface area contributed by atoms with Crippen molar-refractivity contribution in [3.63, 3.8) is 0 Å². The van der Waals surface area contributed by atoms with Gasteiger partial charge in [-0.1, -0.05) is 48.5 Å². The molecule has 4 rings (SSSR count). The molecule has 0 fully saturated rings. The monoisotopic (exact) mass is 380 g/mol. The van der Waals surface area contributed by atoms with Gasteiger partial charge in [-0.05, 0) is 91.1 Å². The number of aryl methyl sites for hydroxylation is 2. The van der Waals surface area contributed by atoms with Crippen molar-refractivity contribution in [2.24, 2.45) is 0 Å². The predicted molar refractivity (Wildman–Crippen MR) is 118 cm³/mol. The second kappa shape index (κ2) is 8.66. The second-order valence-corrected chi connectivity index (χ2v) is 7.30. The van der Waals surface area contributed by atoms with Crippen molar-refractivity contribution in [1.29, 1.82) is 0 Å². The lowest BCUT2D eigenvalue weighted by Crippen LogP contribution is -1.90. The summed E-state index contributed by atoms with van der Waals surface area (Å²) in [6.45, 7) is 4.13. The third-order valence-corrected chi connectivity index (χ3v) is 4.71. The Balaban J connectivity index is 1.37. The van der Waals surface area contributed by atoms with E-state index >= 15 is 0 Å². The average Bonchev–Trinajstić information content (AvgIpc) is 2.71. The van der Waals surface area contributed by atoms with E-state index in [1.165, 1.54) is 22.3 Å². The number of hydrogen-bond donors (Lipinski definition) is 0. The molecule has 0 saturated carbocycles. The molecule has 144 valence electrons. The van der Waals surface area contributed by atoms with Crippen molar-refractivity contribution < 1.29 is 9.47 Å². The maximum atomic E-state index is 5.93. The lowest BCUT2D eigenvalue weighted by atomic mass is 10.0. The summed E-state index contributed by atoms with van der Waals surface area (Å²) in [6.07, 6.45) is 0.870. The molecule has 2 nitrogen and oxygen atoms in total. The Bertz CT molecular complexity index is 991. The molecule has 4 aromatic carbocycles. The highest BCUT2D eigenvalue weighted by atomic mass is 16.5. The number of hydrogen-bond acceptors (Lipinski definition) is 2. The summed E-state index contributed by atoms with van der Waals surface area (Å²) in [4.78, 5) is 0. The first kappa shape index (κ1) is 18.8. The fraction of sp³-hybridized carbons (Fsp3) is 0.111. The summed E-state index contributed by atoms with van der Waals surface area (Å²) in [7, 11) is 0. The van der Waals surface area contributed by atoms with Crippen LogP contribution in [-0.2, 0) is 6.42 Å². The lowest BCUT2D eigenvalue weighted by Gasteiger charge is -2.09. The number of ether oxygens (including phenoxy) is 2. The van der Waals surface area contributed by atoms with E-state index in [-0.39, 0.29) is 0 Å². The zero-order valence-electron chi connectivity index (χ0n) is 16.8. The summed E-state index contributed by atoms with van der Waals surface area (Å²) in [5, 5.41) is 0. The molecular formula is C27H24O2. The van der Waals surface area contributed by atoms with Gasteiger partial charge in [-0.3, -0.25) is 0 Å². The van der Waals surface area contributed by atoms with E-state index in [9.17, 15) is 0 Å². The van der Waals surface area contributed by atoms with Crippen LogP contribution < -0.4 is 9.47 Å². The second-order valence-electron chi connectivity index (χ2n) is 7.30. The van der Waals surface area contributed by atoms with E-state index in [1.54, 1.807) is 0 Å². The van der Waals surface area contributed by atoms with Crippen LogP contribution in [0.2, 0.25) is 0 Å². The minimum atomic E-state index is 0.848. The van der Waals surface area contributed by atoms with Crippen molar-refractivity contribution in [3.05, 3.63) is 119 Å². The van der Waals surface area contributed by atoms with Gasteiger partial charge in [-0.2, -0.15) is 0 Å². The van der Waals surface area contributed by atoms with Crippen molar-refractivity contribution in [2.75, 3.05) is 0 Å². The largest absolute Gasteiger partial charge is 0.457 e. The summed E-state index contributed by atoms with van der Waals surface area (Å²) >= 11 is 0. The van der Waals surface area contributed by atoms with Crippen LogP contribution in [-0.4, -0.2) is 0 Å². The quantitative estimate of drug-likeness (QED) is 0.345. The Morgan fingerprint density at radius 2 is 0.897 bits per heavy atom. The van der Waals surface area contributed by atoms with Crippen LogP contribution in [0.3, 0.4) is 0 Å². The van der Waals surface area contributed by atoms with Crippen LogP contribution in [0.25, 0.3) is 0 Å². The Morgan fingerprint density at radius 3 is 1.28 bits per heavy atom. The van der Waals surface area contributed by atoms with Crippen LogP contribution in [0.15, 0.2) is 97.1 Å². The molecule has 0 aliphatic heterocycles. The zero-order chi connectivity index (χ0) is 20.1. The molecule has 0 saturated heterocycles. The molecule has 0 spiro atoms. The zero-order valence-corrected chi connectivity index (χ0v) is 16.8. The SMILES string of the molecule is Cc1cccc(Oc2ccc(Cc3ccc(Oc4cccc(C)c4)cc3)cc2)c1. The summed E-state index contributed by atoms with van der Waals surface area (Å²) < 4.78 is 11.9. The van der Waals surface area contributed by atoms with Crippen LogP contribution in [0, 0.1) is 13.8 Å². The molecule has 2 heteroatoms. The van der Waals surface area contributed by atoms with Gasteiger partial charge in [-0.15, -0.1) is 0 Å². The van der Waals surface area contributed by atoms with E-state index in [4.69, 9.17) is 9.47 Å². The fourth-order valence-corrected chi connectivity index (χ4v) is 3.22. The highest BCUT2D eigenvalue weighted by molar-refractivity contribution is 5.38. The van der Waals surface area contributed by atoms with E-state index in [0.717, 1.165) is 29.4 Å².